The second-order valence-corrected chi connectivity index (χ2v) is 5.86. The maximum Gasteiger partial charge on any atom is 0.257 e. The molecule has 25 heavy (non-hydrogen) atoms. The lowest BCUT2D eigenvalue weighted by Crippen LogP contribution is -2.31. The Bertz CT molecular complexity index is 814. The van der Waals surface area contributed by atoms with Crippen molar-refractivity contribution in [2.45, 2.75) is 13.3 Å². The minimum Gasteiger partial charge on any atom is -0.338 e. The summed E-state index contributed by atoms with van der Waals surface area (Å²) in [6, 6.07) is 1.42. The average Bonchev–Trinajstić information content (AvgIpc) is 3.21. The SMILES string of the molecule is Cc1n[nH]cc1C(=O)N1CC[C@H](C(=O)Nc2cc(F)c(F)c(F)c2)C1. The first kappa shape index (κ1) is 17.0. The van der Waals surface area contributed by atoms with Gasteiger partial charge in [-0.3, -0.25) is 14.7 Å². The predicted molar refractivity (Wildman–Crippen MR) is 82.3 cm³/mol. The third-order valence-corrected chi connectivity index (χ3v) is 4.16. The van der Waals surface area contributed by atoms with E-state index in [1.165, 1.54) is 11.1 Å². The number of hydrogen-bond acceptors (Lipinski definition) is 3. The van der Waals surface area contributed by atoms with Gasteiger partial charge in [-0.05, 0) is 13.3 Å². The molecule has 2 heterocycles. The van der Waals surface area contributed by atoms with Crippen LogP contribution in [0.25, 0.3) is 0 Å². The molecule has 0 spiro atoms. The van der Waals surface area contributed by atoms with Gasteiger partial charge in [0.2, 0.25) is 5.91 Å². The van der Waals surface area contributed by atoms with Gasteiger partial charge in [-0.15, -0.1) is 0 Å². The van der Waals surface area contributed by atoms with Crippen molar-refractivity contribution in [3.63, 3.8) is 0 Å². The number of aromatic amines is 1. The number of hydrogen-bond donors (Lipinski definition) is 2. The van der Waals surface area contributed by atoms with E-state index in [4.69, 9.17) is 0 Å². The Morgan fingerprint density at radius 2 is 1.96 bits per heavy atom. The summed E-state index contributed by atoms with van der Waals surface area (Å²) in [6.45, 7) is 2.26. The van der Waals surface area contributed by atoms with Crippen molar-refractivity contribution in [1.82, 2.24) is 15.1 Å². The van der Waals surface area contributed by atoms with Crippen LogP contribution in [0.15, 0.2) is 18.3 Å². The molecule has 2 aromatic rings. The van der Waals surface area contributed by atoms with Crippen molar-refractivity contribution in [3.8, 4) is 0 Å². The quantitative estimate of drug-likeness (QED) is 0.832. The lowest BCUT2D eigenvalue weighted by atomic mass is 10.1. The number of anilines is 1. The first-order valence-corrected chi connectivity index (χ1v) is 7.62. The molecule has 9 heteroatoms. The fourth-order valence-electron chi connectivity index (χ4n) is 2.78. The number of amides is 2. The number of H-pyrrole nitrogens is 1. The molecule has 0 saturated carbocycles. The van der Waals surface area contributed by atoms with Gasteiger partial charge in [0.1, 0.15) is 0 Å². The molecule has 2 N–H and O–H groups in total. The third kappa shape index (κ3) is 3.35. The third-order valence-electron chi connectivity index (χ3n) is 4.16. The van der Waals surface area contributed by atoms with Crippen molar-refractivity contribution >= 4 is 17.5 Å². The van der Waals surface area contributed by atoms with Crippen LogP contribution in [0.2, 0.25) is 0 Å². The standard InChI is InChI=1S/C16H15F3N4O2/c1-8-11(6-20-22-8)16(25)23-3-2-9(7-23)15(24)21-10-4-12(17)14(19)13(18)5-10/h4-6,9H,2-3,7H2,1H3,(H,20,22)(H,21,24)/t9-/m0/s1. The molecule has 132 valence electrons. The van der Waals surface area contributed by atoms with Gasteiger partial charge in [-0.2, -0.15) is 5.10 Å². The number of aromatic nitrogens is 2. The molecule has 6 nitrogen and oxygen atoms in total. The van der Waals surface area contributed by atoms with Gasteiger partial charge < -0.3 is 10.2 Å². The number of rotatable bonds is 3. The highest BCUT2D eigenvalue weighted by molar-refractivity contribution is 5.97. The van der Waals surface area contributed by atoms with E-state index < -0.39 is 29.3 Å². The van der Waals surface area contributed by atoms with Gasteiger partial charge in [-0.25, -0.2) is 13.2 Å². The van der Waals surface area contributed by atoms with Crippen molar-refractivity contribution in [1.29, 1.82) is 0 Å². The van der Waals surface area contributed by atoms with E-state index >= 15 is 0 Å². The van der Waals surface area contributed by atoms with E-state index in [0.29, 0.717) is 36.4 Å². The summed E-state index contributed by atoms with van der Waals surface area (Å²) in [7, 11) is 0. The largest absolute Gasteiger partial charge is 0.338 e. The summed E-state index contributed by atoms with van der Waals surface area (Å²) in [5, 5.41) is 8.85. The van der Waals surface area contributed by atoms with Gasteiger partial charge in [0.05, 0.1) is 17.2 Å². The molecule has 0 aliphatic carbocycles. The van der Waals surface area contributed by atoms with Crippen LogP contribution in [0.3, 0.4) is 0 Å². The van der Waals surface area contributed by atoms with E-state index in [9.17, 15) is 22.8 Å². The number of likely N-dealkylation sites (tertiary alicyclic amines) is 1. The summed E-state index contributed by atoms with van der Waals surface area (Å²) in [5.74, 6) is -5.59. The summed E-state index contributed by atoms with van der Waals surface area (Å²) >= 11 is 0. The minimum absolute atomic E-state index is 0.170. The summed E-state index contributed by atoms with van der Waals surface area (Å²) in [4.78, 5) is 26.1. The minimum atomic E-state index is -1.59. The van der Waals surface area contributed by atoms with Gasteiger partial charge in [0.15, 0.2) is 17.5 Å². The number of nitrogens with zero attached hydrogens (tertiary/aromatic N) is 2. The lowest BCUT2D eigenvalue weighted by molar-refractivity contribution is -0.119. The first-order valence-electron chi connectivity index (χ1n) is 7.62. The Balaban J connectivity index is 1.65. The van der Waals surface area contributed by atoms with Crippen LogP contribution in [-0.4, -0.2) is 40.0 Å². The van der Waals surface area contributed by atoms with Crippen molar-refractivity contribution in [2.24, 2.45) is 5.92 Å². The smallest absolute Gasteiger partial charge is 0.257 e. The van der Waals surface area contributed by atoms with Crippen LogP contribution in [0.1, 0.15) is 22.5 Å². The van der Waals surface area contributed by atoms with Crippen LogP contribution in [0.5, 0.6) is 0 Å². The molecule has 3 rings (SSSR count). The Morgan fingerprint density at radius 3 is 2.56 bits per heavy atom. The van der Waals surface area contributed by atoms with E-state index in [2.05, 4.69) is 15.5 Å². The topological polar surface area (TPSA) is 78.1 Å². The number of nitrogens with one attached hydrogen (secondary N) is 2. The van der Waals surface area contributed by atoms with Gasteiger partial charge in [0, 0.05) is 37.1 Å². The molecule has 1 aromatic heterocycles. The lowest BCUT2D eigenvalue weighted by Gasteiger charge is -2.16. The zero-order chi connectivity index (χ0) is 18.1. The summed E-state index contributed by atoms with van der Waals surface area (Å²) < 4.78 is 39.3. The first-order chi connectivity index (χ1) is 11.9. The number of aryl methyl sites for hydroxylation is 1. The number of carbonyl (C=O) groups excluding carboxylic acids is 2. The molecule has 1 aromatic carbocycles. The molecule has 1 atom stereocenters. The van der Waals surface area contributed by atoms with E-state index in [0.717, 1.165) is 0 Å². The van der Waals surface area contributed by atoms with Crippen LogP contribution in [0, 0.1) is 30.3 Å². The number of benzene rings is 1. The van der Waals surface area contributed by atoms with Crippen molar-refractivity contribution in [2.75, 3.05) is 18.4 Å². The maximum absolute atomic E-state index is 13.2. The zero-order valence-electron chi connectivity index (χ0n) is 13.3. The molecule has 0 bridgehead atoms. The van der Waals surface area contributed by atoms with Gasteiger partial charge >= 0.3 is 0 Å². The van der Waals surface area contributed by atoms with Crippen LogP contribution < -0.4 is 5.32 Å². The molecule has 1 aliphatic rings. The molecule has 2 amide bonds. The summed E-state index contributed by atoms with van der Waals surface area (Å²) in [5.41, 5.74) is 0.829. The van der Waals surface area contributed by atoms with Gasteiger partial charge in [-0.1, -0.05) is 0 Å². The monoisotopic (exact) mass is 352 g/mol. The zero-order valence-corrected chi connectivity index (χ0v) is 13.3. The molecular formula is C16H15F3N4O2. The predicted octanol–water partition coefficient (Wildman–Crippen LogP) is 2.24. The normalized spacial score (nSPS) is 17.0. The van der Waals surface area contributed by atoms with Crippen molar-refractivity contribution < 1.29 is 22.8 Å². The summed E-state index contributed by atoms with van der Waals surface area (Å²) in [6.07, 6.45) is 1.91. The Kier molecular flexibility index (Phi) is 4.47. The van der Waals surface area contributed by atoms with E-state index in [1.54, 1.807) is 6.92 Å². The molecule has 0 radical (unpaired) electrons. The average molecular weight is 352 g/mol. The molecule has 0 unspecified atom stereocenters. The maximum atomic E-state index is 13.2. The molecular weight excluding hydrogens is 337 g/mol. The molecule has 1 fully saturated rings. The number of carbonyl (C=O) groups is 2. The van der Waals surface area contributed by atoms with Gasteiger partial charge in [0.25, 0.3) is 5.91 Å². The highest BCUT2D eigenvalue weighted by Crippen LogP contribution is 2.23. The van der Waals surface area contributed by atoms with Crippen LogP contribution in [-0.2, 0) is 4.79 Å². The van der Waals surface area contributed by atoms with Crippen molar-refractivity contribution in [3.05, 3.63) is 47.0 Å². The second-order valence-electron chi connectivity index (χ2n) is 5.86. The highest BCUT2D eigenvalue weighted by atomic mass is 19.2. The highest BCUT2D eigenvalue weighted by Gasteiger charge is 2.32. The Hall–Kier alpha value is -2.84. The Labute approximate surface area is 141 Å². The number of halogens is 3. The van der Waals surface area contributed by atoms with E-state index in [-0.39, 0.29) is 18.1 Å². The molecule has 1 saturated heterocycles. The fraction of sp³-hybridized carbons (Fsp3) is 0.312. The van der Waals surface area contributed by atoms with E-state index in [1.807, 2.05) is 0 Å². The molecule has 1 aliphatic heterocycles. The van der Waals surface area contributed by atoms with Crippen LogP contribution in [0.4, 0.5) is 18.9 Å². The fourth-order valence-corrected chi connectivity index (χ4v) is 2.78. The van der Waals surface area contributed by atoms with Crippen LogP contribution >= 0.6 is 0 Å². The second kappa shape index (κ2) is 6.58. The Morgan fingerprint density at radius 1 is 1.28 bits per heavy atom.